The highest BCUT2D eigenvalue weighted by Gasteiger charge is 2.18. The molecule has 0 bridgehead atoms. The van der Waals surface area contributed by atoms with Crippen molar-refractivity contribution >= 4 is 0 Å². The van der Waals surface area contributed by atoms with E-state index in [2.05, 4.69) is 44.2 Å². The minimum absolute atomic E-state index is 0.0786. The Morgan fingerprint density at radius 2 is 2.00 bits per heavy atom. The summed E-state index contributed by atoms with van der Waals surface area (Å²) in [6, 6.07) is 0.0786. The number of nitrogens with zero attached hydrogens (tertiary/aromatic N) is 2. The zero-order valence-corrected chi connectivity index (χ0v) is 10.5. The third-order valence-electron chi connectivity index (χ3n) is 2.45. The summed E-state index contributed by atoms with van der Waals surface area (Å²) in [6.45, 7) is 11.9. The number of hydrogen-bond acceptors (Lipinski definition) is 2. The summed E-state index contributed by atoms with van der Waals surface area (Å²) in [6.07, 6.45) is 3.76. The van der Waals surface area contributed by atoms with Crippen LogP contribution in [0.15, 0.2) is 12.5 Å². The van der Waals surface area contributed by atoms with Gasteiger partial charge in [0.1, 0.15) is 0 Å². The molecular weight excluding hydrogens is 186 g/mol. The van der Waals surface area contributed by atoms with Crippen LogP contribution < -0.4 is 5.73 Å². The molecule has 0 aromatic carbocycles. The van der Waals surface area contributed by atoms with E-state index >= 15 is 0 Å². The average molecular weight is 209 g/mol. The van der Waals surface area contributed by atoms with Gasteiger partial charge >= 0.3 is 0 Å². The zero-order valence-electron chi connectivity index (χ0n) is 10.5. The van der Waals surface area contributed by atoms with Gasteiger partial charge in [-0.15, -0.1) is 0 Å². The van der Waals surface area contributed by atoms with Crippen molar-refractivity contribution in [2.24, 2.45) is 17.1 Å². The second kappa shape index (κ2) is 4.35. The van der Waals surface area contributed by atoms with Gasteiger partial charge in [-0.25, -0.2) is 4.98 Å². The van der Waals surface area contributed by atoms with Gasteiger partial charge in [0.15, 0.2) is 0 Å². The van der Waals surface area contributed by atoms with Crippen LogP contribution >= 0.6 is 0 Å². The molecule has 1 atom stereocenters. The van der Waals surface area contributed by atoms with Crippen LogP contribution in [0.2, 0.25) is 0 Å². The fourth-order valence-electron chi connectivity index (χ4n) is 1.59. The Morgan fingerprint density at radius 3 is 2.47 bits per heavy atom. The fraction of sp³-hybridized carbons (Fsp3) is 0.750. The smallest absolute Gasteiger partial charge is 0.0948 e. The Hall–Kier alpha value is -0.830. The molecule has 0 spiro atoms. The van der Waals surface area contributed by atoms with Gasteiger partial charge in [0, 0.05) is 18.8 Å². The maximum absolute atomic E-state index is 6.14. The quantitative estimate of drug-likeness (QED) is 0.831. The van der Waals surface area contributed by atoms with Gasteiger partial charge in [0.05, 0.1) is 12.0 Å². The molecule has 86 valence electrons. The van der Waals surface area contributed by atoms with Crippen molar-refractivity contribution < 1.29 is 0 Å². The molecule has 3 heteroatoms. The molecule has 1 heterocycles. The monoisotopic (exact) mass is 209 g/mol. The number of hydrogen-bond donors (Lipinski definition) is 1. The summed E-state index contributed by atoms with van der Waals surface area (Å²) in [5.41, 5.74) is 7.54. The fourth-order valence-corrected chi connectivity index (χ4v) is 1.59. The van der Waals surface area contributed by atoms with Gasteiger partial charge < -0.3 is 10.3 Å². The molecule has 0 saturated heterocycles. The molecule has 0 aliphatic rings. The lowest BCUT2D eigenvalue weighted by atomic mass is 9.96. The molecule has 0 amide bonds. The molecule has 0 aliphatic carbocycles. The van der Waals surface area contributed by atoms with Crippen LogP contribution in [0.25, 0.3) is 0 Å². The van der Waals surface area contributed by atoms with Gasteiger partial charge in [-0.05, 0) is 11.3 Å². The lowest BCUT2D eigenvalue weighted by Crippen LogP contribution is -2.23. The van der Waals surface area contributed by atoms with E-state index < -0.39 is 0 Å². The maximum Gasteiger partial charge on any atom is 0.0948 e. The van der Waals surface area contributed by atoms with Crippen molar-refractivity contribution in [1.29, 1.82) is 0 Å². The summed E-state index contributed by atoms with van der Waals surface area (Å²) in [4.78, 5) is 4.19. The number of nitrogens with two attached hydrogens (primary N) is 1. The molecule has 3 nitrogen and oxygen atoms in total. The Labute approximate surface area is 92.7 Å². The van der Waals surface area contributed by atoms with Crippen molar-refractivity contribution in [2.75, 3.05) is 0 Å². The average Bonchev–Trinajstić information content (AvgIpc) is 2.47. The normalized spacial score (nSPS) is 14.6. The van der Waals surface area contributed by atoms with Gasteiger partial charge in [-0.2, -0.15) is 0 Å². The highest BCUT2D eigenvalue weighted by molar-refractivity contribution is 5.05. The van der Waals surface area contributed by atoms with E-state index in [0.29, 0.717) is 5.92 Å². The van der Waals surface area contributed by atoms with Crippen molar-refractivity contribution in [2.45, 2.75) is 47.2 Å². The predicted molar refractivity (Wildman–Crippen MR) is 63.4 cm³/mol. The first-order valence-electron chi connectivity index (χ1n) is 5.57. The molecule has 1 rings (SSSR count). The number of imidazole rings is 1. The lowest BCUT2D eigenvalue weighted by Gasteiger charge is -2.23. The van der Waals surface area contributed by atoms with Crippen molar-refractivity contribution in [3.05, 3.63) is 18.2 Å². The maximum atomic E-state index is 6.14. The molecular formula is C12H23N3. The van der Waals surface area contributed by atoms with Crippen LogP contribution in [0.3, 0.4) is 0 Å². The second-order valence-electron chi connectivity index (χ2n) is 5.78. The van der Waals surface area contributed by atoms with Crippen LogP contribution in [-0.2, 0) is 6.54 Å². The van der Waals surface area contributed by atoms with E-state index in [0.717, 1.165) is 12.2 Å². The van der Waals surface area contributed by atoms with Gasteiger partial charge in [-0.1, -0.05) is 34.6 Å². The third kappa shape index (κ3) is 3.34. The summed E-state index contributed by atoms with van der Waals surface area (Å²) in [7, 11) is 0. The van der Waals surface area contributed by atoms with Gasteiger partial charge in [0.2, 0.25) is 0 Å². The van der Waals surface area contributed by atoms with Crippen molar-refractivity contribution in [1.82, 2.24) is 9.55 Å². The molecule has 1 aromatic rings. The molecule has 1 aromatic heterocycles. The lowest BCUT2D eigenvalue weighted by molar-refractivity contribution is 0.330. The van der Waals surface area contributed by atoms with E-state index in [9.17, 15) is 0 Å². The zero-order chi connectivity index (χ0) is 11.6. The largest absolute Gasteiger partial charge is 0.333 e. The SMILES string of the molecule is CC(C)C(N)c1cncn1CC(C)(C)C. The summed E-state index contributed by atoms with van der Waals surface area (Å²) >= 11 is 0. The Morgan fingerprint density at radius 1 is 1.40 bits per heavy atom. The third-order valence-corrected chi connectivity index (χ3v) is 2.45. The van der Waals surface area contributed by atoms with E-state index in [1.807, 2.05) is 12.5 Å². The second-order valence-corrected chi connectivity index (χ2v) is 5.78. The van der Waals surface area contributed by atoms with E-state index in [-0.39, 0.29) is 11.5 Å². The van der Waals surface area contributed by atoms with Crippen LogP contribution in [0.1, 0.15) is 46.4 Å². The molecule has 0 aliphatic heterocycles. The summed E-state index contributed by atoms with van der Waals surface area (Å²) < 4.78 is 2.17. The van der Waals surface area contributed by atoms with E-state index in [1.54, 1.807) is 0 Å². The first-order chi connectivity index (χ1) is 6.81. The van der Waals surface area contributed by atoms with E-state index in [4.69, 9.17) is 5.73 Å². The van der Waals surface area contributed by atoms with Crippen molar-refractivity contribution in [3.8, 4) is 0 Å². The molecule has 2 N–H and O–H groups in total. The number of aromatic nitrogens is 2. The van der Waals surface area contributed by atoms with Gasteiger partial charge in [-0.3, -0.25) is 0 Å². The Balaban J connectivity index is 2.87. The van der Waals surface area contributed by atoms with Crippen LogP contribution in [-0.4, -0.2) is 9.55 Å². The Bertz CT molecular complexity index is 307. The molecule has 0 saturated carbocycles. The summed E-state index contributed by atoms with van der Waals surface area (Å²) in [5.74, 6) is 0.445. The Kier molecular flexibility index (Phi) is 3.55. The molecule has 0 radical (unpaired) electrons. The predicted octanol–water partition coefficient (Wildman–Crippen LogP) is 2.59. The highest BCUT2D eigenvalue weighted by atomic mass is 15.1. The molecule has 15 heavy (non-hydrogen) atoms. The molecule has 1 unspecified atom stereocenters. The van der Waals surface area contributed by atoms with Crippen LogP contribution in [0.5, 0.6) is 0 Å². The standard InChI is InChI=1S/C12H23N3/c1-9(2)11(13)10-6-14-8-15(10)7-12(3,4)5/h6,8-9,11H,7,13H2,1-5H3. The topological polar surface area (TPSA) is 43.8 Å². The van der Waals surface area contributed by atoms with Crippen LogP contribution in [0.4, 0.5) is 0 Å². The first-order valence-corrected chi connectivity index (χ1v) is 5.57. The highest BCUT2D eigenvalue weighted by Crippen LogP contribution is 2.22. The first kappa shape index (κ1) is 12.2. The summed E-state index contributed by atoms with van der Waals surface area (Å²) in [5, 5.41) is 0. The minimum Gasteiger partial charge on any atom is -0.333 e. The van der Waals surface area contributed by atoms with Gasteiger partial charge in [0.25, 0.3) is 0 Å². The number of rotatable bonds is 3. The van der Waals surface area contributed by atoms with Crippen LogP contribution in [0, 0.1) is 11.3 Å². The minimum atomic E-state index is 0.0786. The van der Waals surface area contributed by atoms with E-state index in [1.165, 1.54) is 0 Å². The molecule has 0 fully saturated rings. The van der Waals surface area contributed by atoms with Crippen molar-refractivity contribution in [3.63, 3.8) is 0 Å².